The summed E-state index contributed by atoms with van der Waals surface area (Å²) in [5.41, 5.74) is 0.272. The van der Waals surface area contributed by atoms with Crippen LogP contribution < -0.4 is 4.72 Å². The maximum absolute atomic E-state index is 12.0. The molecule has 6 nitrogen and oxygen atoms in total. The second-order valence-electron chi connectivity index (χ2n) is 4.53. The third-order valence-corrected chi connectivity index (χ3v) is 3.90. The zero-order valence-electron chi connectivity index (χ0n) is 10.3. The first-order valence-corrected chi connectivity index (χ1v) is 7.00. The summed E-state index contributed by atoms with van der Waals surface area (Å²) in [5, 5.41) is 15.0. The molecule has 0 aliphatic rings. The van der Waals surface area contributed by atoms with E-state index in [4.69, 9.17) is 5.11 Å². The molecule has 0 spiro atoms. The number of aliphatic hydroxyl groups is 1. The first-order chi connectivity index (χ1) is 7.86. The number of rotatable bonds is 6. The van der Waals surface area contributed by atoms with Gasteiger partial charge < -0.3 is 5.11 Å². The Hall–Kier alpha value is -0.920. The van der Waals surface area contributed by atoms with Gasteiger partial charge in [0.05, 0.1) is 12.8 Å². The number of hydrogen-bond acceptors (Lipinski definition) is 4. The molecule has 1 unspecified atom stereocenters. The number of aliphatic hydroxyl groups excluding tert-OH is 1. The average Bonchev–Trinajstić information content (AvgIpc) is 2.62. The molecule has 98 valence electrons. The zero-order valence-corrected chi connectivity index (χ0v) is 11.1. The van der Waals surface area contributed by atoms with Crippen LogP contribution in [0.15, 0.2) is 11.2 Å². The Morgan fingerprint density at radius 1 is 1.47 bits per heavy atom. The molecule has 0 saturated carbocycles. The summed E-state index contributed by atoms with van der Waals surface area (Å²) in [6.07, 6.45) is 2.06. The lowest BCUT2D eigenvalue weighted by Gasteiger charge is -2.15. The van der Waals surface area contributed by atoms with Crippen molar-refractivity contribution in [1.29, 1.82) is 0 Å². The van der Waals surface area contributed by atoms with E-state index in [0.717, 1.165) is 6.42 Å². The van der Waals surface area contributed by atoms with Crippen molar-refractivity contribution in [2.45, 2.75) is 44.9 Å². The summed E-state index contributed by atoms with van der Waals surface area (Å²) < 4.78 is 26.5. The molecule has 0 amide bonds. The highest BCUT2D eigenvalue weighted by atomic mass is 32.2. The van der Waals surface area contributed by atoms with E-state index in [-0.39, 0.29) is 23.2 Å². The summed E-state index contributed by atoms with van der Waals surface area (Å²) in [5.74, 6) is 0.409. The first kappa shape index (κ1) is 14.1. The van der Waals surface area contributed by atoms with Crippen molar-refractivity contribution >= 4 is 10.0 Å². The molecule has 1 atom stereocenters. The van der Waals surface area contributed by atoms with Crippen molar-refractivity contribution in [2.75, 3.05) is 0 Å². The molecule has 17 heavy (non-hydrogen) atoms. The topological polar surface area (TPSA) is 95.1 Å². The molecule has 1 aromatic heterocycles. The Morgan fingerprint density at radius 3 is 2.65 bits per heavy atom. The quantitative estimate of drug-likeness (QED) is 0.699. The molecule has 0 aliphatic carbocycles. The molecule has 3 N–H and O–H groups in total. The maximum Gasteiger partial charge on any atom is 0.258 e. The predicted octanol–water partition coefficient (Wildman–Crippen LogP) is 0.615. The van der Waals surface area contributed by atoms with E-state index in [1.807, 2.05) is 20.8 Å². The van der Waals surface area contributed by atoms with E-state index in [0.29, 0.717) is 5.92 Å². The molecule has 0 bridgehead atoms. The molecule has 0 saturated heterocycles. The Labute approximate surface area is 101 Å². The van der Waals surface area contributed by atoms with Crippen LogP contribution in [0.4, 0.5) is 0 Å². The number of nitrogens with one attached hydrogen (secondary N) is 2. The minimum absolute atomic E-state index is 0.0596. The van der Waals surface area contributed by atoms with Crippen LogP contribution in [0.25, 0.3) is 0 Å². The van der Waals surface area contributed by atoms with Gasteiger partial charge in [0.25, 0.3) is 10.0 Å². The average molecular weight is 261 g/mol. The third-order valence-electron chi connectivity index (χ3n) is 2.30. The molecule has 7 heteroatoms. The summed E-state index contributed by atoms with van der Waals surface area (Å²) in [7, 11) is -3.63. The highest BCUT2D eigenvalue weighted by Crippen LogP contribution is 2.13. The summed E-state index contributed by atoms with van der Waals surface area (Å²) in [6.45, 7) is 5.51. The number of hydrogen-bond donors (Lipinski definition) is 3. The van der Waals surface area contributed by atoms with Crippen molar-refractivity contribution < 1.29 is 13.5 Å². The number of sulfonamides is 1. The van der Waals surface area contributed by atoms with Crippen molar-refractivity contribution in [2.24, 2.45) is 5.92 Å². The molecule has 1 rings (SSSR count). The normalized spacial score (nSPS) is 14.2. The van der Waals surface area contributed by atoms with Gasteiger partial charge in [0.2, 0.25) is 0 Å². The van der Waals surface area contributed by atoms with Crippen LogP contribution in [0.2, 0.25) is 0 Å². The van der Waals surface area contributed by atoms with E-state index >= 15 is 0 Å². The number of H-pyrrole nitrogens is 1. The second-order valence-corrected chi connectivity index (χ2v) is 6.19. The van der Waals surface area contributed by atoms with Gasteiger partial charge in [-0.1, -0.05) is 13.8 Å². The van der Waals surface area contributed by atoms with Crippen LogP contribution in [-0.4, -0.2) is 29.8 Å². The molecule has 0 aliphatic heterocycles. The van der Waals surface area contributed by atoms with E-state index in [1.165, 1.54) is 6.20 Å². The van der Waals surface area contributed by atoms with Crippen molar-refractivity contribution in [3.05, 3.63) is 11.8 Å². The number of aromatic nitrogens is 2. The second kappa shape index (κ2) is 5.61. The Bertz CT molecular complexity index is 453. The van der Waals surface area contributed by atoms with Crippen LogP contribution in [0, 0.1) is 5.92 Å². The van der Waals surface area contributed by atoms with E-state index in [1.54, 1.807) is 0 Å². The van der Waals surface area contributed by atoms with Gasteiger partial charge in [0.15, 0.2) is 5.03 Å². The summed E-state index contributed by atoms with van der Waals surface area (Å²) in [4.78, 5) is 0. The molecular weight excluding hydrogens is 242 g/mol. The highest BCUT2D eigenvalue weighted by Gasteiger charge is 2.22. The summed E-state index contributed by atoms with van der Waals surface area (Å²) >= 11 is 0. The SMILES string of the molecule is CC(C)CC(C)NS(=O)(=O)c1[nH]ncc1CO. The largest absolute Gasteiger partial charge is 0.392 e. The lowest BCUT2D eigenvalue weighted by molar-refractivity contribution is 0.278. The van der Waals surface area contributed by atoms with Crippen LogP contribution in [-0.2, 0) is 16.6 Å². The van der Waals surface area contributed by atoms with Crippen LogP contribution in [0.1, 0.15) is 32.8 Å². The van der Waals surface area contributed by atoms with Gasteiger partial charge in [-0.25, -0.2) is 13.1 Å². The summed E-state index contributed by atoms with van der Waals surface area (Å²) in [6, 6.07) is -0.158. The number of nitrogens with zero attached hydrogens (tertiary/aromatic N) is 1. The lowest BCUT2D eigenvalue weighted by Crippen LogP contribution is -2.34. The Morgan fingerprint density at radius 2 is 2.12 bits per heavy atom. The van der Waals surface area contributed by atoms with Gasteiger partial charge in [-0.2, -0.15) is 5.10 Å². The van der Waals surface area contributed by atoms with E-state index in [2.05, 4.69) is 14.9 Å². The molecular formula is C10H19N3O3S. The lowest BCUT2D eigenvalue weighted by atomic mass is 10.1. The fourth-order valence-electron chi connectivity index (χ4n) is 1.72. The zero-order chi connectivity index (χ0) is 13.1. The highest BCUT2D eigenvalue weighted by molar-refractivity contribution is 7.89. The van der Waals surface area contributed by atoms with Gasteiger partial charge in [-0.05, 0) is 19.3 Å². The number of aromatic amines is 1. The Balaban J connectivity index is 2.82. The monoisotopic (exact) mass is 261 g/mol. The van der Waals surface area contributed by atoms with Crippen LogP contribution in [0.5, 0.6) is 0 Å². The molecule has 1 aromatic rings. The predicted molar refractivity (Wildman–Crippen MR) is 63.7 cm³/mol. The van der Waals surface area contributed by atoms with Crippen LogP contribution >= 0.6 is 0 Å². The smallest absolute Gasteiger partial charge is 0.258 e. The molecule has 0 aromatic carbocycles. The standard InChI is InChI=1S/C10H19N3O3S/c1-7(2)4-8(3)13-17(15,16)10-9(6-14)5-11-12-10/h5,7-8,13-14H,4,6H2,1-3H3,(H,11,12). The van der Waals surface area contributed by atoms with Gasteiger partial charge in [0.1, 0.15) is 0 Å². The van der Waals surface area contributed by atoms with Gasteiger partial charge in [-0.3, -0.25) is 5.10 Å². The minimum Gasteiger partial charge on any atom is -0.392 e. The molecule has 1 heterocycles. The maximum atomic E-state index is 12.0. The fourth-order valence-corrected chi connectivity index (χ4v) is 3.10. The van der Waals surface area contributed by atoms with Crippen molar-refractivity contribution in [1.82, 2.24) is 14.9 Å². The van der Waals surface area contributed by atoms with Crippen molar-refractivity contribution in [3.63, 3.8) is 0 Å². The van der Waals surface area contributed by atoms with Gasteiger partial charge in [0, 0.05) is 11.6 Å². The Kier molecular flexibility index (Phi) is 4.67. The molecule has 0 radical (unpaired) electrons. The van der Waals surface area contributed by atoms with E-state index in [9.17, 15) is 8.42 Å². The van der Waals surface area contributed by atoms with E-state index < -0.39 is 10.0 Å². The van der Waals surface area contributed by atoms with Gasteiger partial charge >= 0.3 is 0 Å². The minimum atomic E-state index is -3.63. The van der Waals surface area contributed by atoms with Crippen molar-refractivity contribution in [3.8, 4) is 0 Å². The fraction of sp³-hybridized carbons (Fsp3) is 0.700. The first-order valence-electron chi connectivity index (χ1n) is 5.52. The third kappa shape index (κ3) is 3.79. The van der Waals surface area contributed by atoms with Gasteiger partial charge in [-0.15, -0.1) is 0 Å². The van der Waals surface area contributed by atoms with Crippen LogP contribution in [0.3, 0.4) is 0 Å². The molecule has 0 fully saturated rings.